The fourth-order valence-electron chi connectivity index (χ4n) is 4.98. The van der Waals surface area contributed by atoms with E-state index in [2.05, 4.69) is 31.0 Å². The molecule has 1 saturated carbocycles. The van der Waals surface area contributed by atoms with Crippen molar-refractivity contribution in [3.05, 3.63) is 105 Å². The zero-order valence-electron chi connectivity index (χ0n) is 21.7. The van der Waals surface area contributed by atoms with E-state index in [0.717, 1.165) is 48.2 Å². The Labute approximate surface area is 242 Å². The highest BCUT2D eigenvalue weighted by Crippen LogP contribution is 2.40. The molecule has 2 aromatic carbocycles. The van der Waals surface area contributed by atoms with Crippen LogP contribution in [0, 0.1) is 0 Å². The number of aromatic nitrogens is 4. The summed E-state index contributed by atoms with van der Waals surface area (Å²) in [7, 11) is 0. The van der Waals surface area contributed by atoms with Crippen molar-refractivity contribution in [3.63, 3.8) is 0 Å². The molecule has 0 aliphatic heterocycles. The Kier molecular flexibility index (Phi) is 8.98. The molecule has 1 fully saturated rings. The van der Waals surface area contributed by atoms with E-state index in [1.807, 2.05) is 48.5 Å². The molecule has 5 rings (SSSR count). The summed E-state index contributed by atoms with van der Waals surface area (Å²) in [6, 6.07) is 22.0. The molecule has 2 N–H and O–H groups in total. The molecule has 10 heteroatoms. The van der Waals surface area contributed by atoms with E-state index < -0.39 is 0 Å². The van der Waals surface area contributed by atoms with Crippen molar-refractivity contribution in [2.24, 2.45) is 0 Å². The molecule has 0 radical (unpaired) electrons. The summed E-state index contributed by atoms with van der Waals surface area (Å²) in [6.07, 6.45) is 4.25. The van der Waals surface area contributed by atoms with Gasteiger partial charge in [-0.15, -0.1) is 10.2 Å². The zero-order chi connectivity index (χ0) is 27.9. The highest BCUT2D eigenvalue weighted by molar-refractivity contribution is 6.31. The summed E-state index contributed by atoms with van der Waals surface area (Å²) in [5.74, 6) is 0.883. The molecular weight excluding hydrogens is 547 g/mol. The number of hydrogen-bond donors (Lipinski definition) is 2. The quantitative estimate of drug-likeness (QED) is 0.253. The zero-order valence-corrected chi connectivity index (χ0v) is 23.2. The molecular formula is C30H28Cl2N6O2. The molecule has 2 aromatic heterocycles. The molecule has 1 aliphatic rings. The summed E-state index contributed by atoms with van der Waals surface area (Å²) < 4.78 is 0. The summed E-state index contributed by atoms with van der Waals surface area (Å²) in [6.45, 7) is 0. The van der Waals surface area contributed by atoms with Crippen LogP contribution in [0.15, 0.2) is 72.8 Å². The van der Waals surface area contributed by atoms with E-state index in [-0.39, 0.29) is 36.5 Å². The number of carbonyl (C=O) groups is 2. The first kappa shape index (κ1) is 27.7. The molecule has 4 aromatic rings. The lowest BCUT2D eigenvalue weighted by Crippen LogP contribution is -2.18. The predicted molar refractivity (Wildman–Crippen MR) is 156 cm³/mol. The van der Waals surface area contributed by atoms with Gasteiger partial charge in [0.05, 0.1) is 24.2 Å². The molecule has 1 aliphatic carbocycles. The second kappa shape index (κ2) is 13.0. The van der Waals surface area contributed by atoms with E-state index in [1.54, 1.807) is 24.3 Å². The summed E-state index contributed by atoms with van der Waals surface area (Å²) in [5.41, 5.74) is 3.31. The Bertz CT molecular complexity index is 1370. The minimum atomic E-state index is -0.199. The van der Waals surface area contributed by atoms with Crippen LogP contribution < -0.4 is 10.6 Å². The fourth-order valence-corrected chi connectivity index (χ4v) is 5.39. The van der Waals surface area contributed by atoms with E-state index in [0.29, 0.717) is 21.7 Å². The number of hydrogen-bond acceptors (Lipinski definition) is 6. The van der Waals surface area contributed by atoms with Crippen molar-refractivity contribution >= 4 is 46.7 Å². The molecule has 2 amide bonds. The van der Waals surface area contributed by atoms with Crippen LogP contribution >= 0.6 is 23.2 Å². The monoisotopic (exact) mass is 574 g/mol. The van der Waals surface area contributed by atoms with Crippen LogP contribution in [0.5, 0.6) is 0 Å². The van der Waals surface area contributed by atoms with Crippen LogP contribution in [-0.2, 0) is 22.4 Å². The van der Waals surface area contributed by atoms with Gasteiger partial charge in [-0.3, -0.25) is 9.59 Å². The van der Waals surface area contributed by atoms with E-state index in [4.69, 9.17) is 23.2 Å². The number of amides is 2. The third kappa shape index (κ3) is 7.20. The first-order valence-electron chi connectivity index (χ1n) is 13.2. The first-order chi connectivity index (χ1) is 19.4. The highest BCUT2D eigenvalue weighted by Gasteiger charge is 2.27. The largest absolute Gasteiger partial charge is 0.309 e. The summed E-state index contributed by atoms with van der Waals surface area (Å²) in [4.78, 5) is 24.8. The van der Waals surface area contributed by atoms with E-state index >= 15 is 0 Å². The maximum atomic E-state index is 12.4. The van der Waals surface area contributed by atoms with Crippen LogP contribution in [-0.4, -0.2) is 32.2 Å². The Morgan fingerprint density at radius 3 is 1.50 bits per heavy atom. The van der Waals surface area contributed by atoms with Crippen molar-refractivity contribution in [2.75, 3.05) is 10.6 Å². The second-order valence-electron chi connectivity index (χ2n) is 9.88. The van der Waals surface area contributed by atoms with Gasteiger partial charge in [0.2, 0.25) is 11.8 Å². The van der Waals surface area contributed by atoms with Gasteiger partial charge in [-0.2, -0.15) is 10.2 Å². The Balaban J connectivity index is 1.15. The van der Waals surface area contributed by atoms with Gasteiger partial charge in [-0.1, -0.05) is 66.0 Å². The number of halogens is 2. The molecule has 0 spiro atoms. The van der Waals surface area contributed by atoms with Crippen LogP contribution in [0.3, 0.4) is 0 Å². The Morgan fingerprint density at radius 2 is 1.10 bits per heavy atom. The Hall–Kier alpha value is -3.88. The van der Waals surface area contributed by atoms with Gasteiger partial charge in [-0.25, -0.2) is 0 Å². The molecule has 0 unspecified atom stereocenters. The van der Waals surface area contributed by atoms with Crippen molar-refractivity contribution in [3.8, 4) is 0 Å². The number of benzene rings is 2. The van der Waals surface area contributed by atoms with Crippen LogP contribution in [0.2, 0.25) is 10.0 Å². The lowest BCUT2D eigenvalue weighted by atomic mass is 9.78. The molecule has 204 valence electrons. The van der Waals surface area contributed by atoms with Crippen LogP contribution in [0.1, 0.15) is 60.0 Å². The molecule has 0 bridgehead atoms. The standard InChI is InChI=1S/C30H28Cl2N6O2/c31-23-10-3-1-6-19(23)17-29(39)33-27-14-12-25(35-37-27)21-8-5-9-22(16-21)26-13-15-28(38-36-26)34-30(40)18-20-7-2-4-11-24(20)32/h1-4,6-7,10-15,21-22H,5,8-9,16-18H2,(H,33,37,39)(H,34,38,40)/t21-,22-/m0/s1. The highest BCUT2D eigenvalue weighted by atomic mass is 35.5. The average Bonchev–Trinajstić information content (AvgIpc) is 2.96. The topological polar surface area (TPSA) is 110 Å². The molecule has 8 nitrogen and oxygen atoms in total. The normalized spacial score (nSPS) is 16.8. The van der Waals surface area contributed by atoms with E-state index in [1.165, 1.54) is 0 Å². The second-order valence-corrected chi connectivity index (χ2v) is 10.7. The molecule has 2 heterocycles. The number of nitrogens with one attached hydrogen (secondary N) is 2. The molecule has 0 saturated heterocycles. The van der Waals surface area contributed by atoms with Crippen molar-refractivity contribution in [2.45, 2.75) is 50.4 Å². The SMILES string of the molecule is O=C(Cc1ccccc1Cl)Nc1ccc([C@H]2CCC[C@H](c3ccc(NC(=O)Cc4ccccc4Cl)nn3)C2)nn1. The van der Waals surface area contributed by atoms with Crippen molar-refractivity contribution in [1.29, 1.82) is 0 Å². The third-order valence-electron chi connectivity index (χ3n) is 7.03. The van der Waals surface area contributed by atoms with Gasteiger partial charge in [0.25, 0.3) is 0 Å². The molecule has 2 atom stereocenters. The van der Waals surface area contributed by atoms with Gasteiger partial charge in [0, 0.05) is 21.9 Å². The van der Waals surface area contributed by atoms with Crippen molar-refractivity contribution in [1.82, 2.24) is 20.4 Å². The third-order valence-corrected chi connectivity index (χ3v) is 7.77. The molecule has 40 heavy (non-hydrogen) atoms. The number of nitrogens with zero attached hydrogens (tertiary/aromatic N) is 4. The smallest absolute Gasteiger partial charge is 0.230 e. The van der Waals surface area contributed by atoms with Gasteiger partial charge in [0.15, 0.2) is 11.6 Å². The van der Waals surface area contributed by atoms with Crippen molar-refractivity contribution < 1.29 is 9.59 Å². The van der Waals surface area contributed by atoms with Gasteiger partial charge >= 0.3 is 0 Å². The number of carbonyl (C=O) groups excluding carboxylic acids is 2. The maximum Gasteiger partial charge on any atom is 0.230 e. The number of anilines is 2. The maximum absolute atomic E-state index is 12.4. The predicted octanol–water partition coefficient (Wildman–Crippen LogP) is 6.38. The van der Waals surface area contributed by atoms with Gasteiger partial charge in [-0.05, 0) is 66.8 Å². The summed E-state index contributed by atoms with van der Waals surface area (Å²) >= 11 is 12.3. The minimum Gasteiger partial charge on any atom is -0.309 e. The van der Waals surface area contributed by atoms with Gasteiger partial charge < -0.3 is 10.6 Å². The van der Waals surface area contributed by atoms with Crippen LogP contribution in [0.4, 0.5) is 11.6 Å². The van der Waals surface area contributed by atoms with E-state index in [9.17, 15) is 9.59 Å². The minimum absolute atomic E-state index is 0.165. The Morgan fingerprint density at radius 1 is 0.650 bits per heavy atom. The lowest BCUT2D eigenvalue weighted by Gasteiger charge is -2.28. The summed E-state index contributed by atoms with van der Waals surface area (Å²) in [5, 5.41) is 24.0. The number of rotatable bonds is 8. The first-order valence-corrected chi connectivity index (χ1v) is 13.9. The fraction of sp³-hybridized carbons (Fsp3) is 0.267. The average molecular weight is 576 g/mol. The van der Waals surface area contributed by atoms with Crippen LogP contribution in [0.25, 0.3) is 0 Å². The lowest BCUT2D eigenvalue weighted by molar-refractivity contribution is -0.116. The van der Waals surface area contributed by atoms with Gasteiger partial charge in [0.1, 0.15) is 0 Å².